The van der Waals surface area contributed by atoms with Gasteiger partial charge in [-0.2, -0.15) is 5.10 Å². The Kier molecular flexibility index (Phi) is 5.58. The van der Waals surface area contributed by atoms with Gasteiger partial charge >= 0.3 is 0 Å². The van der Waals surface area contributed by atoms with Gasteiger partial charge in [-0.3, -0.25) is 4.79 Å². The van der Waals surface area contributed by atoms with E-state index in [2.05, 4.69) is 10.5 Å². The van der Waals surface area contributed by atoms with E-state index in [0.29, 0.717) is 17.1 Å². The zero-order valence-corrected chi connectivity index (χ0v) is 14.6. The van der Waals surface area contributed by atoms with E-state index in [1.165, 1.54) is 7.11 Å². The quantitative estimate of drug-likeness (QED) is 0.676. The molecule has 24 heavy (non-hydrogen) atoms. The highest BCUT2D eigenvalue weighted by Crippen LogP contribution is 2.24. The summed E-state index contributed by atoms with van der Waals surface area (Å²) < 4.78 is 10.4. The third kappa shape index (κ3) is 3.93. The van der Waals surface area contributed by atoms with E-state index in [1.807, 2.05) is 39.0 Å². The summed E-state index contributed by atoms with van der Waals surface area (Å²) in [5.41, 5.74) is 7.00. The predicted molar refractivity (Wildman–Crippen MR) is 95.1 cm³/mol. The maximum absolute atomic E-state index is 12.4. The van der Waals surface area contributed by atoms with E-state index in [1.54, 1.807) is 25.3 Å². The molecule has 0 unspecified atom stereocenters. The average Bonchev–Trinajstić information content (AvgIpc) is 2.60. The maximum atomic E-state index is 12.4. The average molecular weight is 326 g/mol. The van der Waals surface area contributed by atoms with Crippen LogP contribution in [-0.2, 0) is 0 Å². The van der Waals surface area contributed by atoms with E-state index < -0.39 is 0 Å². The number of carbonyl (C=O) groups excluding carboxylic acids is 1. The van der Waals surface area contributed by atoms with Gasteiger partial charge < -0.3 is 9.47 Å². The Balaban J connectivity index is 2.22. The van der Waals surface area contributed by atoms with Gasteiger partial charge in [0.2, 0.25) is 0 Å². The van der Waals surface area contributed by atoms with Crippen molar-refractivity contribution in [1.29, 1.82) is 0 Å². The number of nitrogens with one attached hydrogen (secondary N) is 1. The lowest BCUT2D eigenvalue weighted by atomic mass is 10.0. The Bertz CT molecular complexity index is 782. The maximum Gasteiger partial charge on any atom is 0.275 e. The smallest absolute Gasteiger partial charge is 0.275 e. The highest BCUT2D eigenvalue weighted by Gasteiger charge is 2.13. The van der Waals surface area contributed by atoms with E-state index in [9.17, 15) is 4.79 Å². The highest BCUT2D eigenvalue weighted by molar-refractivity contribution is 6.02. The van der Waals surface area contributed by atoms with E-state index in [0.717, 1.165) is 22.4 Å². The molecule has 0 saturated heterocycles. The summed E-state index contributed by atoms with van der Waals surface area (Å²) in [6.45, 7) is 5.91. The second kappa shape index (κ2) is 7.64. The first-order valence-electron chi connectivity index (χ1n) is 7.60. The standard InChI is InChI=1S/C19H22N2O3/c1-12-6-7-13(2)17(10-12)14(3)20-21-19(22)16-9-8-15(23-4)11-18(16)24-5/h6-11H,1-5H3,(H,21,22). The van der Waals surface area contributed by atoms with Crippen molar-refractivity contribution in [2.45, 2.75) is 20.8 Å². The molecule has 1 N–H and O–H groups in total. The molecular formula is C19H22N2O3. The lowest BCUT2D eigenvalue weighted by molar-refractivity contribution is 0.0951. The van der Waals surface area contributed by atoms with Crippen molar-refractivity contribution in [3.63, 3.8) is 0 Å². The summed E-state index contributed by atoms with van der Waals surface area (Å²) in [5, 5.41) is 4.22. The Morgan fingerprint density at radius 1 is 1.00 bits per heavy atom. The fraction of sp³-hybridized carbons (Fsp3) is 0.263. The zero-order chi connectivity index (χ0) is 17.7. The molecule has 0 aliphatic rings. The molecule has 0 aliphatic heterocycles. The molecule has 0 fully saturated rings. The summed E-state index contributed by atoms with van der Waals surface area (Å²) in [4.78, 5) is 12.4. The first-order valence-corrected chi connectivity index (χ1v) is 7.60. The van der Waals surface area contributed by atoms with Crippen molar-refractivity contribution in [3.8, 4) is 11.5 Å². The zero-order valence-electron chi connectivity index (χ0n) is 14.6. The number of methoxy groups -OCH3 is 2. The molecule has 5 nitrogen and oxygen atoms in total. The molecule has 0 bridgehead atoms. The second-order valence-corrected chi connectivity index (χ2v) is 5.52. The fourth-order valence-electron chi connectivity index (χ4n) is 2.37. The van der Waals surface area contributed by atoms with Crippen LogP contribution < -0.4 is 14.9 Å². The monoisotopic (exact) mass is 326 g/mol. The number of hydrazone groups is 1. The molecule has 0 aromatic heterocycles. The summed E-state index contributed by atoms with van der Waals surface area (Å²) in [5.74, 6) is 0.726. The molecular weight excluding hydrogens is 304 g/mol. The first-order chi connectivity index (χ1) is 11.5. The van der Waals surface area contributed by atoms with Gasteiger partial charge in [-0.25, -0.2) is 5.43 Å². The van der Waals surface area contributed by atoms with Crippen LogP contribution in [0.2, 0.25) is 0 Å². The Labute approximate surface area is 142 Å². The van der Waals surface area contributed by atoms with Crippen LogP contribution in [0.4, 0.5) is 0 Å². The van der Waals surface area contributed by atoms with Gasteiger partial charge in [0.1, 0.15) is 11.5 Å². The molecule has 2 aromatic rings. The van der Waals surface area contributed by atoms with Crippen LogP contribution in [0.1, 0.15) is 34.0 Å². The van der Waals surface area contributed by atoms with E-state index in [-0.39, 0.29) is 5.91 Å². The van der Waals surface area contributed by atoms with E-state index in [4.69, 9.17) is 9.47 Å². The third-order valence-corrected chi connectivity index (χ3v) is 3.76. The summed E-state index contributed by atoms with van der Waals surface area (Å²) in [6.07, 6.45) is 0. The molecule has 0 atom stereocenters. The molecule has 126 valence electrons. The number of amides is 1. The van der Waals surface area contributed by atoms with Gasteiger partial charge in [0.05, 0.1) is 25.5 Å². The predicted octanol–water partition coefficient (Wildman–Crippen LogP) is 3.47. The lowest BCUT2D eigenvalue weighted by Gasteiger charge is -2.10. The van der Waals surface area contributed by atoms with Crippen molar-refractivity contribution in [2.24, 2.45) is 5.10 Å². The number of carbonyl (C=O) groups is 1. The minimum absolute atomic E-state index is 0.334. The van der Waals surface area contributed by atoms with Crippen LogP contribution in [0.15, 0.2) is 41.5 Å². The highest BCUT2D eigenvalue weighted by atomic mass is 16.5. The second-order valence-electron chi connectivity index (χ2n) is 5.52. The molecule has 0 heterocycles. The van der Waals surface area contributed by atoms with E-state index >= 15 is 0 Å². The number of hydrogen-bond donors (Lipinski definition) is 1. The molecule has 1 amide bonds. The Morgan fingerprint density at radius 2 is 1.75 bits per heavy atom. The van der Waals surface area contributed by atoms with Crippen molar-refractivity contribution in [2.75, 3.05) is 14.2 Å². The van der Waals surface area contributed by atoms with Gasteiger partial charge in [0, 0.05) is 11.6 Å². The van der Waals surface area contributed by atoms with Crippen LogP contribution in [0, 0.1) is 13.8 Å². The summed E-state index contributed by atoms with van der Waals surface area (Å²) >= 11 is 0. The van der Waals surface area contributed by atoms with Gasteiger partial charge in [-0.15, -0.1) is 0 Å². The molecule has 0 spiro atoms. The number of aryl methyl sites for hydroxylation is 2. The summed E-state index contributed by atoms with van der Waals surface area (Å²) in [7, 11) is 3.07. The van der Waals surface area contributed by atoms with Crippen LogP contribution in [0.5, 0.6) is 11.5 Å². The van der Waals surface area contributed by atoms with Crippen LogP contribution >= 0.6 is 0 Å². The fourth-order valence-corrected chi connectivity index (χ4v) is 2.37. The van der Waals surface area contributed by atoms with Crippen molar-refractivity contribution >= 4 is 11.6 Å². The minimum Gasteiger partial charge on any atom is -0.497 e. The third-order valence-electron chi connectivity index (χ3n) is 3.76. The number of nitrogens with zero attached hydrogens (tertiary/aromatic N) is 1. The normalized spacial score (nSPS) is 11.1. The van der Waals surface area contributed by atoms with Crippen LogP contribution in [0.3, 0.4) is 0 Å². The molecule has 0 aliphatic carbocycles. The Morgan fingerprint density at radius 3 is 2.42 bits per heavy atom. The summed E-state index contributed by atoms with van der Waals surface area (Å²) in [6, 6.07) is 11.2. The number of benzene rings is 2. The van der Waals surface area contributed by atoms with Gasteiger partial charge in [0.25, 0.3) is 5.91 Å². The minimum atomic E-state index is -0.334. The van der Waals surface area contributed by atoms with Crippen molar-refractivity contribution < 1.29 is 14.3 Å². The Hall–Kier alpha value is -2.82. The molecule has 5 heteroatoms. The van der Waals surface area contributed by atoms with Crippen molar-refractivity contribution in [1.82, 2.24) is 5.43 Å². The van der Waals surface area contributed by atoms with Crippen molar-refractivity contribution in [3.05, 3.63) is 58.7 Å². The largest absolute Gasteiger partial charge is 0.497 e. The number of ether oxygens (including phenoxy) is 2. The molecule has 2 aromatic carbocycles. The molecule has 2 rings (SSSR count). The van der Waals surface area contributed by atoms with Gasteiger partial charge in [0.15, 0.2) is 0 Å². The van der Waals surface area contributed by atoms with Gasteiger partial charge in [-0.05, 0) is 44.5 Å². The number of hydrogen-bond acceptors (Lipinski definition) is 4. The van der Waals surface area contributed by atoms with Crippen LogP contribution in [0.25, 0.3) is 0 Å². The first kappa shape index (κ1) is 17.5. The SMILES string of the molecule is COc1ccc(C(=O)NN=C(C)c2cc(C)ccc2C)c(OC)c1. The number of rotatable bonds is 5. The molecule has 0 radical (unpaired) electrons. The lowest BCUT2D eigenvalue weighted by Crippen LogP contribution is -2.20. The topological polar surface area (TPSA) is 59.9 Å². The van der Waals surface area contributed by atoms with Gasteiger partial charge in [-0.1, -0.05) is 17.7 Å². The van der Waals surface area contributed by atoms with Crippen LogP contribution in [-0.4, -0.2) is 25.8 Å². The molecule has 0 saturated carbocycles.